The largest absolute Gasteiger partial charge is 0.493 e. The predicted molar refractivity (Wildman–Crippen MR) is 114 cm³/mol. The van der Waals surface area contributed by atoms with Gasteiger partial charge >= 0.3 is 6.61 Å². The van der Waals surface area contributed by atoms with Crippen molar-refractivity contribution in [2.24, 2.45) is 0 Å². The Morgan fingerprint density at radius 3 is 2.74 bits per heavy atom. The van der Waals surface area contributed by atoms with Crippen molar-refractivity contribution in [3.63, 3.8) is 0 Å². The summed E-state index contributed by atoms with van der Waals surface area (Å²) < 4.78 is 40.3. The second-order valence-corrected chi connectivity index (χ2v) is 7.06. The lowest BCUT2D eigenvalue weighted by atomic mass is 10.0. The summed E-state index contributed by atoms with van der Waals surface area (Å²) in [6, 6.07) is 16.7. The van der Waals surface area contributed by atoms with Gasteiger partial charge in [-0.1, -0.05) is 36.4 Å². The van der Waals surface area contributed by atoms with E-state index in [2.05, 4.69) is 10.1 Å². The van der Waals surface area contributed by atoms with Gasteiger partial charge in [-0.25, -0.2) is 0 Å². The van der Waals surface area contributed by atoms with Crippen LogP contribution in [-0.2, 0) is 17.6 Å². The fraction of sp³-hybridized carbons (Fsp3) is 0.208. The van der Waals surface area contributed by atoms with Crippen LogP contribution >= 0.6 is 0 Å². The highest BCUT2D eigenvalue weighted by molar-refractivity contribution is 6.08. The van der Waals surface area contributed by atoms with E-state index in [1.54, 1.807) is 18.4 Å². The number of furan rings is 1. The van der Waals surface area contributed by atoms with Crippen LogP contribution in [0.2, 0.25) is 0 Å². The zero-order valence-corrected chi connectivity index (χ0v) is 16.9. The maximum atomic E-state index is 12.6. The van der Waals surface area contributed by atoms with Gasteiger partial charge in [0.2, 0.25) is 5.91 Å². The van der Waals surface area contributed by atoms with Crippen molar-refractivity contribution in [3.8, 4) is 11.5 Å². The molecule has 1 aromatic heterocycles. The third kappa shape index (κ3) is 4.60. The quantitative estimate of drug-likeness (QED) is 0.427. The molecule has 1 N–H and O–H groups in total. The first kappa shape index (κ1) is 20.7. The number of nitrogens with one attached hydrogen (secondary N) is 1. The topological polar surface area (TPSA) is 60.7 Å². The molecule has 1 amide bonds. The number of fused-ring (bicyclic) bond motifs is 3. The van der Waals surface area contributed by atoms with Crippen LogP contribution < -0.4 is 14.8 Å². The van der Waals surface area contributed by atoms with Crippen molar-refractivity contribution in [1.82, 2.24) is 5.32 Å². The van der Waals surface area contributed by atoms with Gasteiger partial charge in [-0.05, 0) is 41.0 Å². The summed E-state index contributed by atoms with van der Waals surface area (Å²) in [5, 5.41) is 5.94. The Labute approximate surface area is 177 Å². The van der Waals surface area contributed by atoms with E-state index >= 15 is 0 Å². The van der Waals surface area contributed by atoms with E-state index in [1.165, 1.54) is 13.2 Å². The molecule has 4 rings (SSSR count). The molecule has 0 radical (unpaired) electrons. The lowest BCUT2D eigenvalue weighted by Gasteiger charge is -2.12. The van der Waals surface area contributed by atoms with E-state index in [0.717, 1.165) is 32.9 Å². The zero-order chi connectivity index (χ0) is 21.8. The van der Waals surface area contributed by atoms with Crippen molar-refractivity contribution in [2.45, 2.75) is 19.5 Å². The average Bonchev–Trinajstić information content (AvgIpc) is 3.17. The summed E-state index contributed by atoms with van der Waals surface area (Å²) in [6.07, 6.45) is 2.27. The summed E-state index contributed by atoms with van der Waals surface area (Å²) in [6.45, 7) is -2.58. The minimum Gasteiger partial charge on any atom is -0.493 e. The smallest absolute Gasteiger partial charge is 0.387 e. The number of alkyl halides is 2. The molecule has 7 heteroatoms. The van der Waals surface area contributed by atoms with Gasteiger partial charge in [-0.2, -0.15) is 8.78 Å². The molecule has 0 bridgehead atoms. The van der Waals surface area contributed by atoms with Crippen molar-refractivity contribution in [1.29, 1.82) is 0 Å². The van der Waals surface area contributed by atoms with Gasteiger partial charge in [0.25, 0.3) is 0 Å². The Kier molecular flexibility index (Phi) is 6.02. The third-order valence-corrected chi connectivity index (χ3v) is 5.07. The van der Waals surface area contributed by atoms with Gasteiger partial charge in [-0.15, -0.1) is 0 Å². The molecule has 5 nitrogen and oxygen atoms in total. The van der Waals surface area contributed by atoms with Crippen molar-refractivity contribution >= 4 is 27.6 Å². The molecule has 160 valence electrons. The molecule has 0 saturated heterocycles. The molecule has 4 aromatic rings. The first-order valence-electron chi connectivity index (χ1n) is 9.81. The molecule has 0 atom stereocenters. The maximum Gasteiger partial charge on any atom is 0.387 e. The van der Waals surface area contributed by atoms with Crippen LogP contribution in [0.5, 0.6) is 11.5 Å². The van der Waals surface area contributed by atoms with Crippen LogP contribution in [0.3, 0.4) is 0 Å². The molecular formula is C24H21F2NO4. The van der Waals surface area contributed by atoms with E-state index < -0.39 is 6.61 Å². The van der Waals surface area contributed by atoms with Crippen LogP contribution in [0.25, 0.3) is 21.7 Å². The maximum absolute atomic E-state index is 12.6. The molecule has 0 fully saturated rings. The number of benzene rings is 3. The lowest BCUT2D eigenvalue weighted by Crippen LogP contribution is -2.27. The Bertz CT molecular complexity index is 1220. The van der Waals surface area contributed by atoms with Gasteiger partial charge in [0.1, 0.15) is 5.58 Å². The number of carbonyl (C=O) groups excluding carboxylic acids is 1. The standard InChI is InChI=1S/C24H21F2NO4/c1-29-19-8-6-15(12-21(19)31-24(25)26)10-11-27-22(28)13-17-14-30-20-9-7-16-4-2-3-5-18(16)23(17)20/h2-9,12,14,24H,10-11,13H2,1H3,(H,27,28). The lowest BCUT2D eigenvalue weighted by molar-refractivity contribution is -0.120. The van der Waals surface area contributed by atoms with Crippen molar-refractivity contribution in [2.75, 3.05) is 13.7 Å². The van der Waals surface area contributed by atoms with Crippen LogP contribution in [0.15, 0.2) is 65.3 Å². The molecule has 0 saturated carbocycles. The normalized spacial score (nSPS) is 11.2. The molecule has 3 aromatic carbocycles. The number of rotatable bonds is 8. The van der Waals surface area contributed by atoms with Crippen molar-refractivity contribution < 1.29 is 27.5 Å². The fourth-order valence-electron chi connectivity index (χ4n) is 3.65. The highest BCUT2D eigenvalue weighted by Crippen LogP contribution is 2.31. The number of carbonyl (C=O) groups is 1. The first-order valence-corrected chi connectivity index (χ1v) is 9.81. The summed E-state index contributed by atoms with van der Waals surface area (Å²) in [5.74, 6) is 0.0541. The van der Waals surface area contributed by atoms with E-state index in [9.17, 15) is 13.6 Å². The molecular weight excluding hydrogens is 404 g/mol. The number of hydrogen-bond donors (Lipinski definition) is 1. The molecule has 0 unspecified atom stereocenters. The third-order valence-electron chi connectivity index (χ3n) is 5.07. The average molecular weight is 425 g/mol. The van der Waals surface area contributed by atoms with Crippen LogP contribution in [0.1, 0.15) is 11.1 Å². The number of methoxy groups -OCH3 is 1. The van der Waals surface area contributed by atoms with Crippen LogP contribution in [0.4, 0.5) is 8.78 Å². The minimum atomic E-state index is -2.94. The highest BCUT2D eigenvalue weighted by Gasteiger charge is 2.14. The first-order chi connectivity index (χ1) is 15.0. The van der Waals surface area contributed by atoms with E-state index in [1.807, 2.05) is 36.4 Å². The predicted octanol–water partition coefficient (Wildman–Crippen LogP) is 5.10. The summed E-state index contributed by atoms with van der Waals surface area (Å²) in [7, 11) is 1.39. The Hall–Kier alpha value is -3.61. The van der Waals surface area contributed by atoms with Gasteiger partial charge in [0.15, 0.2) is 11.5 Å². The second kappa shape index (κ2) is 9.04. The molecule has 0 aliphatic carbocycles. The number of halogens is 2. The summed E-state index contributed by atoms with van der Waals surface area (Å²) in [4.78, 5) is 12.5. The molecule has 0 aliphatic rings. The molecule has 1 heterocycles. The monoisotopic (exact) mass is 425 g/mol. The van der Waals surface area contributed by atoms with Crippen LogP contribution in [-0.4, -0.2) is 26.2 Å². The molecule has 31 heavy (non-hydrogen) atoms. The summed E-state index contributed by atoms with van der Waals surface area (Å²) >= 11 is 0. The highest BCUT2D eigenvalue weighted by atomic mass is 19.3. The Morgan fingerprint density at radius 2 is 1.94 bits per heavy atom. The van der Waals surface area contributed by atoms with E-state index in [0.29, 0.717) is 13.0 Å². The molecule has 0 aliphatic heterocycles. The van der Waals surface area contributed by atoms with Gasteiger partial charge in [0.05, 0.1) is 19.8 Å². The van der Waals surface area contributed by atoms with Crippen molar-refractivity contribution in [3.05, 3.63) is 72.0 Å². The van der Waals surface area contributed by atoms with Gasteiger partial charge in [-0.3, -0.25) is 4.79 Å². The van der Waals surface area contributed by atoms with Gasteiger partial charge in [0, 0.05) is 17.5 Å². The second-order valence-electron chi connectivity index (χ2n) is 7.06. The minimum absolute atomic E-state index is 0.0296. The number of amides is 1. The van der Waals surface area contributed by atoms with Crippen LogP contribution in [0, 0.1) is 0 Å². The Morgan fingerprint density at radius 1 is 1.10 bits per heavy atom. The summed E-state index contributed by atoms with van der Waals surface area (Å²) in [5.41, 5.74) is 2.31. The fourth-order valence-corrected chi connectivity index (χ4v) is 3.65. The number of hydrogen-bond acceptors (Lipinski definition) is 4. The van der Waals surface area contributed by atoms with Gasteiger partial charge < -0.3 is 19.2 Å². The van der Waals surface area contributed by atoms with E-state index in [4.69, 9.17) is 9.15 Å². The molecule has 0 spiro atoms. The van der Waals surface area contributed by atoms with E-state index in [-0.39, 0.29) is 23.8 Å². The zero-order valence-electron chi connectivity index (χ0n) is 16.9. The Balaban J connectivity index is 1.41. The SMILES string of the molecule is COc1ccc(CCNC(=O)Cc2coc3ccc4ccccc4c23)cc1OC(F)F. The number of ether oxygens (including phenoxy) is 2.